The topological polar surface area (TPSA) is 206 Å². The number of amides is 3. The molecule has 4 rings (SSSR count). The molecule has 16 heteroatoms. The van der Waals surface area contributed by atoms with E-state index in [1.807, 2.05) is 0 Å². The summed E-state index contributed by atoms with van der Waals surface area (Å²) in [6, 6.07) is 5.17. The second-order valence-corrected chi connectivity index (χ2v) is 11.5. The number of phenolic OH excluding ortho intramolecular Hbond substituents is 1. The van der Waals surface area contributed by atoms with E-state index in [1.165, 1.54) is 30.6 Å². The summed E-state index contributed by atoms with van der Waals surface area (Å²) in [4.78, 5) is 62.3. The normalized spacial score (nSPS) is 17.7. The molecule has 0 spiro atoms. The fourth-order valence-corrected chi connectivity index (χ4v) is 5.91. The standard InChI is InChI=1S/C26H24ClN7O7S/c27-19-2-1-16(22(35)9-19)5-8-42(40,41)33-14-20(10-23(28)36)34(21(15-33)11-24(37)32-39)26(38)18-12-30-25(31-13-18)17-3-6-29-7-4-17/h1-9,12-13,20-21,35H,10-11,14-15H2,(H2,28,36). The summed E-state index contributed by atoms with van der Waals surface area (Å²) < 4.78 is 27.6. The summed E-state index contributed by atoms with van der Waals surface area (Å²) in [7, 11) is -4.23. The Bertz CT molecular complexity index is 1640. The van der Waals surface area contributed by atoms with Crippen LogP contribution in [-0.4, -0.2) is 80.6 Å². The lowest BCUT2D eigenvalue weighted by molar-refractivity contribution is -0.120. The minimum absolute atomic E-state index is 0.00629. The van der Waals surface area contributed by atoms with E-state index in [9.17, 15) is 32.8 Å². The molecule has 0 saturated carbocycles. The number of nitrogens with zero attached hydrogens (tertiary/aromatic N) is 6. The minimum Gasteiger partial charge on any atom is -0.507 e. The van der Waals surface area contributed by atoms with Gasteiger partial charge in [-0.05, 0) is 36.4 Å². The molecule has 0 bridgehead atoms. The molecule has 2 unspecified atom stereocenters. The van der Waals surface area contributed by atoms with Crippen LogP contribution in [0.4, 0.5) is 0 Å². The van der Waals surface area contributed by atoms with Crippen molar-refractivity contribution >= 4 is 45.4 Å². The van der Waals surface area contributed by atoms with E-state index >= 15 is 0 Å². The third-order valence-corrected chi connectivity index (χ3v) is 8.14. The van der Waals surface area contributed by atoms with Gasteiger partial charge in [0.05, 0.1) is 24.1 Å². The zero-order valence-corrected chi connectivity index (χ0v) is 23.3. The quantitative estimate of drug-likeness (QED) is 0.335. The number of carbonyl (C=O) groups is 3. The first-order chi connectivity index (χ1) is 20.0. The summed E-state index contributed by atoms with van der Waals surface area (Å²) >= 11 is 5.83. The molecule has 3 heterocycles. The number of carbonyl (C=O) groups excluding carboxylic acids is 3. The molecule has 218 valence electrons. The second kappa shape index (κ2) is 12.9. The van der Waals surface area contributed by atoms with Gasteiger partial charge in [0, 0.05) is 71.0 Å². The number of sulfonamides is 1. The van der Waals surface area contributed by atoms with E-state index in [0.29, 0.717) is 11.4 Å². The largest absolute Gasteiger partial charge is 0.507 e. The second-order valence-electron chi connectivity index (χ2n) is 9.28. The van der Waals surface area contributed by atoms with E-state index in [4.69, 9.17) is 17.3 Å². The number of rotatable bonds is 9. The lowest BCUT2D eigenvalue weighted by atomic mass is 10.0. The summed E-state index contributed by atoms with van der Waals surface area (Å²) in [6.07, 6.45) is 5.70. The third kappa shape index (κ3) is 7.18. The summed E-state index contributed by atoms with van der Waals surface area (Å²) in [5, 5.41) is 13.5. The Kier molecular flexibility index (Phi) is 9.35. The fraction of sp³-hybridized carbons (Fsp3) is 0.231. The number of hydrogen-bond donors (Lipinski definition) is 2. The maximum Gasteiger partial charge on any atom is 0.288 e. The number of pyridine rings is 1. The van der Waals surface area contributed by atoms with E-state index in [-0.39, 0.29) is 28.4 Å². The van der Waals surface area contributed by atoms with E-state index < -0.39 is 59.2 Å². The van der Waals surface area contributed by atoms with Crippen LogP contribution in [0.5, 0.6) is 5.75 Å². The van der Waals surface area contributed by atoms with Crippen LogP contribution in [0.1, 0.15) is 28.8 Å². The molecule has 2 atom stereocenters. The summed E-state index contributed by atoms with van der Waals surface area (Å²) in [5.74, 6) is -2.60. The van der Waals surface area contributed by atoms with Gasteiger partial charge >= 0.3 is 0 Å². The maximum absolute atomic E-state index is 13.7. The maximum atomic E-state index is 13.7. The molecule has 0 radical (unpaired) electrons. The number of piperazine rings is 1. The average molecular weight is 614 g/mol. The molecule has 1 fully saturated rings. The highest BCUT2D eigenvalue weighted by Crippen LogP contribution is 2.28. The van der Waals surface area contributed by atoms with Crippen molar-refractivity contribution in [1.82, 2.24) is 24.2 Å². The summed E-state index contributed by atoms with van der Waals surface area (Å²) in [5.41, 5.74) is 6.24. The first-order valence-electron chi connectivity index (χ1n) is 12.3. The van der Waals surface area contributed by atoms with Gasteiger partial charge in [-0.15, -0.1) is 4.91 Å². The van der Waals surface area contributed by atoms with Crippen LogP contribution in [0.15, 0.2) is 65.7 Å². The van der Waals surface area contributed by atoms with E-state index in [0.717, 1.165) is 20.7 Å². The number of nitroso groups, excluding NO2 is 1. The van der Waals surface area contributed by atoms with Gasteiger partial charge in [-0.2, -0.15) is 4.31 Å². The molecule has 3 amide bonds. The van der Waals surface area contributed by atoms with Gasteiger partial charge in [0.2, 0.25) is 15.9 Å². The predicted octanol–water partition coefficient (Wildman–Crippen LogP) is 1.95. The Morgan fingerprint density at radius 2 is 1.71 bits per heavy atom. The van der Waals surface area contributed by atoms with Crippen molar-refractivity contribution in [3.63, 3.8) is 0 Å². The monoisotopic (exact) mass is 613 g/mol. The van der Waals surface area contributed by atoms with Crippen molar-refractivity contribution in [2.24, 2.45) is 10.9 Å². The van der Waals surface area contributed by atoms with Crippen LogP contribution in [0.3, 0.4) is 0 Å². The van der Waals surface area contributed by atoms with Crippen molar-refractivity contribution < 1.29 is 27.9 Å². The molecular formula is C26H24ClN7O7S. The number of halogens is 1. The molecule has 1 aliphatic rings. The highest BCUT2D eigenvalue weighted by atomic mass is 35.5. The molecule has 2 aromatic heterocycles. The van der Waals surface area contributed by atoms with Crippen molar-refractivity contribution in [2.75, 3.05) is 13.1 Å². The number of benzene rings is 1. The fourth-order valence-electron chi connectivity index (χ4n) is 4.50. The lowest BCUT2D eigenvalue weighted by Gasteiger charge is -2.45. The Morgan fingerprint density at radius 3 is 2.31 bits per heavy atom. The third-order valence-electron chi connectivity index (χ3n) is 6.41. The van der Waals surface area contributed by atoms with Crippen LogP contribution >= 0.6 is 11.6 Å². The van der Waals surface area contributed by atoms with E-state index in [2.05, 4.69) is 20.1 Å². The van der Waals surface area contributed by atoms with Gasteiger partial charge in [0.1, 0.15) is 5.75 Å². The van der Waals surface area contributed by atoms with Crippen LogP contribution in [0, 0.1) is 4.91 Å². The Hall–Kier alpha value is -4.60. The smallest absolute Gasteiger partial charge is 0.288 e. The predicted molar refractivity (Wildman–Crippen MR) is 151 cm³/mol. The van der Waals surface area contributed by atoms with Gasteiger partial charge in [-0.3, -0.25) is 19.4 Å². The Morgan fingerprint density at radius 1 is 1.07 bits per heavy atom. The zero-order chi connectivity index (χ0) is 30.4. The van der Waals surface area contributed by atoms with Crippen LogP contribution in [-0.2, 0) is 19.6 Å². The first-order valence-corrected chi connectivity index (χ1v) is 14.2. The molecule has 14 nitrogen and oxygen atoms in total. The number of hydrogen-bond acceptors (Lipinski definition) is 10. The zero-order valence-electron chi connectivity index (χ0n) is 21.8. The SMILES string of the molecule is NC(=O)CC1CN(S(=O)(=O)C=Cc2ccc(Cl)cc2O)CC(CC(=O)N=O)N1C(=O)c1cnc(-c2ccncc2)nc1. The van der Waals surface area contributed by atoms with Crippen LogP contribution < -0.4 is 5.73 Å². The van der Waals surface area contributed by atoms with Crippen LogP contribution in [0.25, 0.3) is 17.5 Å². The van der Waals surface area contributed by atoms with Crippen molar-refractivity contribution in [3.05, 3.63) is 81.6 Å². The molecule has 1 aliphatic heterocycles. The summed E-state index contributed by atoms with van der Waals surface area (Å²) in [6.45, 7) is -0.763. The molecule has 3 aromatic rings. The number of phenols is 1. The highest BCUT2D eigenvalue weighted by Gasteiger charge is 2.43. The van der Waals surface area contributed by atoms with Gasteiger partial charge in [0.15, 0.2) is 5.82 Å². The number of aromatic nitrogens is 3. The Balaban J connectivity index is 1.66. The van der Waals surface area contributed by atoms with Gasteiger partial charge in [-0.25, -0.2) is 18.4 Å². The van der Waals surface area contributed by atoms with Crippen LogP contribution in [0.2, 0.25) is 5.02 Å². The molecule has 0 aliphatic carbocycles. The van der Waals surface area contributed by atoms with Gasteiger partial charge in [-0.1, -0.05) is 11.6 Å². The average Bonchev–Trinajstić information content (AvgIpc) is 2.96. The Labute approximate surface area is 244 Å². The van der Waals surface area contributed by atoms with Crippen molar-refractivity contribution in [2.45, 2.75) is 24.9 Å². The highest BCUT2D eigenvalue weighted by molar-refractivity contribution is 7.92. The minimum atomic E-state index is -4.23. The molecule has 42 heavy (non-hydrogen) atoms. The number of aromatic hydroxyl groups is 1. The van der Waals surface area contributed by atoms with Gasteiger partial charge < -0.3 is 15.7 Å². The number of primary amides is 1. The molecule has 1 aromatic carbocycles. The van der Waals surface area contributed by atoms with Gasteiger partial charge in [0.25, 0.3) is 11.8 Å². The lowest BCUT2D eigenvalue weighted by Crippen LogP contribution is -2.62. The first kappa shape index (κ1) is 30.4. The molecule has 3 N–H and O–H groups in total. The molecule has 1 saturated heterocycles. The van der Waals surface area contributed by atoms with Crippen molar-refractivity contribution in [3.8, 4) is 17.1 Å². The molecular weight excluding hydrogens is 590 g/mol. The number of nitrogens with two attached hydrogens (primary N) is 1. The van der Waals surface area contributed by atoms with Crippen molar-refractivity contribution in [1.29, 1.82) is 0 Å². The van der Waals surface area contributed by atoms with E-state index in [1.54, 1.807) is 24.5 Å².